The van der Waals surface area contributed by atoms with E-state index in [1.165, 1.54) is 23.3 Å². The average Bonchev–Trinajstić information content (AvgIpc) is 3.31. The molecule has 1 N–H and O–H groups in total. The van der Waals surface area contributed by atoms with Crippen LogP contribution >= 0.6 is 0 Å². The van der Waals surface area contributed by atoms with Crippen molar-refractivity contribution in [2.24, 2.45) is 5.92 Å². The molecule has 38 heavy (non-hydrogen) atoms. The Labute approximate surface area is 234 Å². The Balaban J connectivity index is 1.68. The van der Waals surface area contributed by atoms with Crippen molar-refractivity contribution in [2.75, 3.05) is 0 Å². The van der Waals surface area contributed by atoms with E-state index in [1.54, 1.807) is 22.9 Å². The molecule has 1 aliphatic rings. The lowest BCUT2D eigenvalue weighted by Crippen LogP contribution is -2.33. The zero-order valence-corrected chi connectivity index (χ0v) is 23.0. The number of pyridine rings is 1. The standard InChI is InChI=1S/C35H38N2O/c1-22(2)17-24-19-33(37-31-10-8-7-9-26(31)27-13-12-25(38)20-32(27)37)36-21-28(24)23-11-14-29-30(18-23)35(5,6)16-15-34(29,3)4/h7-14,18-22,38H,15-17H2,1-6H3/i7D,8D,9D,10D,17D2. The lowest BCUT2D eigenvalue weighted by molar-refractivity contribution is 0.332. The van der Waals surface area contributed by atoms with Gasteiger partial charge in [0.25, 0.3) is 0 Å². The Morgan fingerprint density at radius 3 is 2.42 bits per heavy atom. The van der Waals surface area contributed by atoms with Gasteiger partial charge in [0.2, 0.25) is 0 Å². The van der Waals surface area contributed by atoms with Crippen LogP contribution in [0.5, 0.6) is 5.75 Å². The van der Waals surface area contributed by atoms with Crippen LogP contribution in [0.3, 0.4) is 0 Å². The van der Waals surface area contributed by atoms with E-state index in [0.29, 0.717) is 33.2 Å². The van der Waals surface area contributed by atoms with Crippen LogP contribution in [0.2, 0.25) is 0 Å². The molecule has 0 amide bonds. The Kier molecular flexibility index (Phi) is 4.28. The molecule has 0 fully saturated rings. The van der Waals surface area contributed by atoms with Gasteiger partial charge in [-0.2, -0.15) is 0 Å². The number of hydrogen-bond acceptors (Lipinski definition) is 2. The van der Waals surface area contributed by atoms with Crippen LogP contribution < -0.4 is 0 Å². The van der Waals surface area contributed by atoms with Crippen molar-refractivity contribution >= 4 is 21.8 Å². The number of benzene rings is 3. The van der Waals surface area contributed by atoms with Crippen LogP contribution in [-0.2, 0) is 17.2 Å². The van der Waals surface area contributed by atoms with Gasteiger partial charge in [-0.1, -0.05) is 77.9 Å². The van der Waals surface area contributed by atoms with E-state index >= 15 is 0 Å². The van der Waals surface area contributed by atoms with Gasteiger partial charge in [-0.05, 0) is 82.5 Å². The minimum absolute atomic E-state index is 0.0224. The SMILES string of the molecule is [2H]c1c([2H])c([2H])c2c(c1[2H])c1ccc(O)cc1n2-c1cc(C([2H])([2H])C(C)C)c(-c2ccc3c(c2)C(C)(C)CCC3(C)C)cn1. The van der Waals surface area contributed by atoms with Crippen LogP contribution in [0, 0.1) is 5.92 Å². The molecule has 3 nitrogen and oxygen atoms in total. The van der Waals surface area contributed by atoms with E-state index < -0.39 is 6.37 Å². The summed E-state index contributed by atoms with van der Waals surface area (Å²) in [6.45, 7) is 12.8. The van der Waals surface area contributed by atoms with Gasteiger partial charge < -0.3 is 5.11 Å². The fourth-order valence-corrected chi connectivity index (χ4v) is 5.93. The Morgan fingerprint density at radius 2 is 1.66 bits per heavy atom. The van der Waals surface area contributed by atoms with Gasteiger partial charge in [0, 0.05) is 31.3 Å². The number of fused-ring (bicyclic) bond motifs is 4. The highest BCUT2D eigenvalue weighted by molar-refractivity contribution is 6.09. The fraction of sp³-hybridized carbons (Fsp3) is 0.343. The molecule has 1 aliphatic carbocycles. The van der Waals surface area contributed by atoms with E-state index in [-0.39, 0.29) is 52.2 Å². The molecule has 194 valence electrons. The van der Waals surface area contributed by atoms with Crippen molar-refractivity contribution in [3.63, 3.8) is 0 Å². The van der Waals surface area contributed by atoms with Gasteiger partial charge in [0.15, 0.2) is 0 Å². The highest BCUT2D eigenvalue weighted by atomic mass is 16.3. The molecule has 2 aromatic heterocycles. The topological polar surface area (TPSA) is 38.0 Å². The molecule has 5 aromatic rings. The van der Waals surface area contributed by atoms with Crippen molar-refractivity contribution < 1.29 is 13.3 Å². The number of nitrogens with zero attached hydrogens (tertiary/aromatic N) is 2. The van der Waals surface area contributed by atoms with Gasteiger partial charge in [-0.15, -0.1) is 0 Å². The molecule has 0 spiro atoms. The van der Waals surface area contributed by atoms with E-state index in [1.807, 2.05) is 13.8 Å². The lowest BCUT2D eigenvalue weighted by Gasteiger charge is -2.42. The van der Waals surface area contributed by atoms with E-state index in [4.69, 9.17) is 10.5 Å². The highest BCUT2D eigenvalue weighted by Crippen LogP contribution is 2.47. The van der Waals surface area contributed by atoms with Gasteiger partial charge >= 0.3 is 0 Å². The molecule has 0 atom stereocenters. The summed E-state index contributed by atoms with van der Waals surface area (Å²) in [5.41, 5.74) is 5.29. The fourth-order valence-electron chi connectivity index (χ4n) is 5.93. The van der Waals surface area contributed by atoms with Crippen molar-refractivity contribution in [3.05, 3.63) is 89.5 Å². The van der Waals surface area contributed by atoms with Crippen molar-refractivity contribution in [2.45, 2.75) is 71.6 Å². The summed E-state index contributed by atoms with van der Waals surface area (Å²) in [6.07, 6.45) is 2.08. The zero-order valence-electron chi connectivity index (χ0n) is 29.0. The van der Waals surface area contributed by atoms with E-state index in [2.05, 4.69) is 45.9 Å². The molecular weight excluding hydrogens is 464 g/mol. The van der Waals surface area contributed by atoms with Crippen LogP contribution in [0.15, 0.2) is 72.8 Å². The predicted octanol–water partition coefficient (Wildman–Crippen LogP) is 9.10. The largest absolute Gasteiger partial charge is 0.508 e. The summed E-state index contributed by atoms with van der Waals surface area (Å²) in [6, 6.07) is 11.7. The minimum atomic E-state index is -1.75. The molecular formula is C35H38N2O. The highest BCUT2D eigenvalue weighted by Gasteiger charge is 2.37. The third-order valence-electron chi connectivity index (χ3n) is 8.11. The number of phenolic OH excluding ortho intramolecular Hbond substituents is 1. The summed E-state index contributed by atoms with van der Waals surface area (Å²) in [5, 5.41) is 11.3. The predicted molar refractivity (Wildman–Crippen MR) is 160 cm³/mol. The smallest absolute Gasteiger partial charge is 0.137 e. The van der Waals surface area contributed by atoms with E-state index in [9.17, 15) is 7.85 Å². The second kappa shape index (κ2) is 8.73. The maximum Gasteiger partial charge on any atom is 0.137 e. The molecule has 0 bridgehead atoms. The first-order chi connectivity index (χ1) is 20.5. The molecule has 2 heterocycles. The average molecular weight is 509 g/mol. The van der Waals surface area contributed by atoms with Gasteiger partial charge in [-0.25, -0.2) is 4.98 Å². The Hall–Kier alpha value is -3.59. The maximum atomic E-state index is 10.4. The quantitative estimate of drug-likeness (QED) is 0.263. The first kappa shape index (κ1) is 18.6. The molecule has 3 aromatic carbocycles. The first-order valence-electron chi connectivity index (χ1n) is 16.4. The second-order valence-electron chi connectivity index (χ2n) is 12.2. The van der Waals surface area contributed by atoms with Gasteiger partial charge in [0.1, 0.15) is 11.6 Å². The third-order valence-corrected chi connectivity index (χ3v) is 8.11. The van der Waals surface area contributed by atoms with Crippen LogP contribution in [-0.4, -0.2) is 14.7 Å². The third kappa shape index (κ3) is 4.00. The molecule has 0 radical (unpaired) electrons. The summed E-state index contributed by atoms with van der Waals surface area (Å²) < 4.78 is 54.2. The van der Waals surface area contributed by atoms with Crippen molar-refractivity contribution in [1.29, 1.82) is 0 Å². The number of aromatic hydroxyl groups is 1. The number of aromatic nitrogens is 2. The van der Waals surface area contributed by atoms with Crippen molar-refractivity contribution in [3.8, 4) is 22.7 Å². The molecule has 0 saturated heterocycles. The number of hydrogen-bond donors (Lipinski definition) is 1. The summed E-state index contributed by atoms with van der Waals surface area (Å²) >= 11 is 0. The summed E-state index contributed by atoms with van der Waals surface area (Å²) in [4.78, 5) is 4.82. The minimum Gasteiger partial charge on any atom is -0.508 e. The molecule has 0 unspecified atom stereocenters. The van der Waals surface area contributed by atoms with E-state index in [0.717, 1.165) is 18.4 Å². The maximum absolute atomic E-state index is 10.4. The Morgan fingerprint density at radius 1 is 0.921 bits per heavy atom. The molecule has 6 rings (SSSR count). The van der Waals surface area contributed by atoms with Crippen LogP contribution in [0.25, 0.3) is 38.8 Å². The zero-order chi connectivity index (χ0) is 32.1. The summed E-state index contributed by atoms with van der Waals surface area (Å²) in [5.74, 6) is -0.0851. The molecule has 0 saturated carbocycles. The van der Waals surface area contributed by atoms with Gasteiger partial charge in [-0.3, -0.25) is 4.57 Å². The van der Waals surface area contributed by atoms with Crippen LogP contribution in [0.1, 0.15) is 79.3 Å². The van der Waals surface area contributed by atoms with Gasteiger partial charge in [0.05, 0.1) is 16.5 Å². The monoisotopic (exact) mass is 508 g/mol. The number of para-hydroxylation sites is 1. The normalized spacial score (nSPS) is 18.9. The lowest BCUT2D eigenvalue weighted by atomic mass is 9.63. The van der Waals surface area contributed by atoms with Crippen molar-refractivity contribution in [1.82, 2.24) is 9.55 Å². The first-order valence-corrected chi connectivity index (χ1v) is 13.4. The number of rotatable bonds is 4. The Bertz CT molecular complexity index is 1990. The number of phenols is 1. The molecule has 0 aliphatic heterocycles. The second-order valence-corrected chi connectivity index (χ2v) is 12.2. The molecule has 3 heteroatoms. The van der Waals surface area contributed by atoms with Crippen LogP contribution in [0.4, 0.5) is 0 Å². The summed E-state index contributed by atoms with van der Waals surface area (Å²) in [7, 11) is 0.